The number of hydrogen-bond donors (Lipinski definition) is 1. The highest BCUT2D eigenvalue weighted by Crippen LogP contribution is 2.24. The van der Waals surface area contributed by atoms with Crippen LogP contribution < -0.4 is 10.1 Å². The molecule has 6 nitrogen and oxygen atoms in total. The molecule has 4 rings (SSSR count). The van der Waals surface area contributed by atoms with Crippen molar-refractivity contribution in [2.45, 2.75) is 12.8 Å². The van der Waals surface area contributed by atoms with Gasteiger partial charge in [0, 0.05) is 18.7 Å². The first-order valence-corrected chi connectivity index (χ1v) is 10.5. The molecule has 0 atom stereocenters. The third-order valence-electron chi connectivity index (χ3n) is 5.57. The maximum Gasteiger partial charge on any atom is 0.261 e. The number of carbonyl (C=O) groups excluding carboxylic acids is 3. The summed E-state index contributed by atoms with van der Waals surface area (Å²) in [7, 11) is 1.61. The molecule has 32 heavy (non-hydrogen) atoms. The van der Waals surface area contributed by atoms with Crippen LogP contribution in [0.25, 0.3) is 0 Å². The summed E-state index contributed by atoms with van der Waals surface area (Å²) in [6.07, 6.45) is 1.20. The highest BCUT2D eigenvalue weighted by Gasteiger charge is 2.35. The minimum absolute atomic E-state index is 0.278. The Balaban J connectivity index is 1.39. The van der Waals surface area contributed by atoms with Gasteiger partial charge in [0.2, 0.25) is 0 Å². The van der Waals surface area contributed by atoms with Gasteiger partial charge in [0.15, 0.2) is 0 Å². The number of imide groups is 1. The average molecular weight is 428 g/mol. The molecule has 0 radical (unpaired) electrons. The Kier molecular flexibility index (Phi) is 6.31. The molecule has 3 aromatic rings. The van der Waals surface area contributed by atoms with E-state index in [1.54, 1.807) is 19.2 Å². The Bertz CT molecular complexity index is 1160. The molecule has 0 fully saturated rings. The summed E-state index contributed by atoms with van der Waals surface area (Å²) in [5.74, 6) is -0.182. The number of fused-ring (bicyclic) bond motifs is 1. The zero-order chi connectivity index (χ0) is 22.5. The molecule has 1 aliphatic rings. The van der Waals surface area contributed by atoms with E-state index in [2.05, 4.69) is 5.32 Å². The fourth-order valence-corrected chi connectivity index (χ4v) is 3.84. The van der Waals surface area contributed by atoms with E-state index in [-0.39, 0.29) is 23.3 Å². The lowest BCUT2D eigenvalue weighted by molar-refractivity contribution is 0.0656. The molecule has 0 aromatic heterocycles. The van der Waals surface area contributed by atoms with Gasteiger partial charge in [-0.1, -0.05) is 48.5 Å². The summed E-state index contributed by atoms with van der Waals surface area (Å²) in [6, 6.07) is 22.0. The van der Waals surface area contributed by atoms with Crippen molar-refractivity contribution in [3.05, 3.63) is 101 Å². The second kappa shape index (κ2) is 9.47. The molecule has 3 aromatic carbocycles. The first-order valence-electron chi connectivity index (χ1n) is 10.5. The van der Waals surface area contributed by atoms with E-state index < -0.39 is 0 Å². The van der Waals surface area contributed by atoms with Gasteiger partial charge in [-0.25, -0.2) is 0 Å². The van der Waals surface area contributed by atoms with Gasteiger partial charge in [0.25, 0.3) is 17.7 Å². The Morgan fingerprint density at radius 2 is 1.59 bits per heavy atom. The van der Waals surface area contributed by atoms with Crippen LogP contribution in [-0.2, 0) is 12.8 Å². The Morgan fingerprint density at radius 1 is 0.875 bits per heavy atom. The smallest absolute Gasteiger partial charge is 0.261 e. The topological polar surface area (TPSA) is 75.7 Å². The van der Waals surface area contributed by atoms with Crippen molar-refractivity contribution < 1.29 is 19.1 Å². The van der Waals surface area contributed by atoms with Gasteiger partial charge in [0.05, 0.1) is 18.2 Å². The van der Waals surface area contributed by atoms with Crippen LogP contribution in [-0.4, -0.2) is 42.8 Å². The number of nitrogens with one attached hydrogen (secondary N) is 1. The molecule has 1 aliphatic heterocycles. The minimum atomic E-state index is -0.357. The highest BCUT2D eigenvalue weighted by atomic mass is 16.5. The maximum absolute atomic E-state index is 12.8. The lowest BCUT2D eigenvalue weighted by Gasteiger charge is -2.13. The van der Waals surface area contributed by atoms with E-state index in [0.29, 0.717) is 37.1 Å². The van der Waals surface area contributed by atoms with Crippen molar-refractivity contribution in [3.63, 3.8) is 0 Å². The summed E-state index contributed by atoms with van der Waals surface area (Å²) in [4.78, 5) is 39.4. The first-order chi connectivity index (χ1) is 15.6. The SMILES string of the molecule is COc1ccccc1CCNC(=O)c1ccc2c(c1)C(=O)N(CCc1ccccc1)C2=O. The molecular weight excluding hydrogens is 404 g/mol. The number of methoxy groups -OCH3 is 1. The number of benzene rings is 3. The lowest BCUT2D eigenvalue weighted by Crippen LogP contribution is -2.31. The number of para-hydroxylation sites is 1. The van der Waals surface area contributed by atoms with Gasteiger partial charge in [0.1, 0.15) is 5.75 Å². The van der Waals surface area contributed by atoms with E-state index in [9.17, 15) is 14.4 Å². The van der Waals surface area contributed by atoms with E-state index in [0.717, 1.165) is 16.9 Å². The molecule has 0 saturated heterocycles. The lowest BCUT2D eigenvalue weighted by atomic mass is 10.1. The molecule has 0 bridgehead atoms. The van der Waals surface area contributed by atoms with Crippen LogP contribution in [0.1, 0.15) is 42.2 Å². The number of rotatable bonds is 8. The molecule has 0 aliphatic carbocycles. The van der Waals surface area contributed by atoms with Crippen molar-refractivity contribution in [2.75, 3.05) is 20.2 Å². The molecule has 0 spiro atoms. The van der Waals surface area contributed by atoms with E-state index in [1.165, 1.54) is 11.0 Å². The van der Waals surface area contributed by atoms with Gasteiger partial charge in [-0.2, -0.15) is 0 Å². The molecule has 1 heterocycles. The van der Waals surface area contributed by atoms with Crippen molar-refractivity contribution >= 4 is 17.7 Å². The zero-order valence-corrected chi connectivity index (χ0v) is 17.8. The molecule has 0 saturated carbocycles. The second-order valence-corrected chi connectivity index (χ2v) is 7.58. The summed E-state index contributed by atoms with van der Waals surface area (Å²) >= 11 is 0. The van der Waals surface area contributed by atoms with Crippen molar-refractivity contribution in [1.82, 2.24) is 10.2 Å². The number of carbonyl (C=O) groups is 3. The van der Waals surface area contributed by atoms with Crippen LogP contribution in [0.5, 0.6) is 5.75 Å². The minimum Gasteiger partial charge on any atom is -0.496 e. The van der Waals surface area contributed by atoms with Crippen LogP contribution in [0.4, 0.5) is 0 Å². The molecule has 0 unspecified atom stereocenters. The number of nitrogens with zero attached hydrogens (tertiary/aromatic N) is 1. The Morgan fingerprint density at radius 3 is 2.38 bits per heavy atom. The van der Waals surface area contributed by atoms with E-state index in [4.69, 9.17) is 4.74 Å². The van der Waals surface area contributed by atoms with Gasteiger partial charge >= 0.3 is 0 Å². The largest absolute Gasteiger partial charge is 0.496 e. The fraction of sp³-hybridized carbons (Fsp3) is 0.192. The van der Waals surface area contributed by atoms with E-state index >= 15 is 0 Å². The zero-order valence-electron chi connectivity index (χ0n) is 17.8. The molecule has 3 amide bonds. The van der Waals surface area contributed by atoms with Crippen LogP contribution in [0.2, 0.25) is 0 Å². The summed E-state index contributed by atoms with van der Waals surface area (Å²) in [6.45, 7) is 0.725. The van der Waals surface area contributed by atoms with Crippen LogP contribution in [0.3, 0.4) is 0 Å². The van der Waals surface area contributed by atoms with Gasteiger partial charge in [-0.05, 0) is 48.2 Å². The first kappa shape index (κ1) is 21.3. The normalized spacial score (nSPS) is 12.6. The van der Waals surface area contributed by atoms with E-state index in [1.807, 2.05) is 54.6 Å². The quantitative estimate of drug-likeness (QED) is 0.557. The third kappa shape index (κ3) is 4.39. The van der Waals surface area contributed by atoms with Crippen LogP contribution >= 0.6 is 0 Å². The van der Waals surface area contributed by atoms with Crippen molar-refractivity contribution in [3.8, 4) is 5.75 Å². The molecular formula is C26H24N2O4. The standard InChI is InChI=1S/C26H24N2O4/c1-32-23-10-6-5-9-19(23)13-15-27-24(29)20-11-12-21-22(17-20)26(31)28(25(21)30)16-14-18-7-3-2-4-8-18/h2-12,17H,13-16H2,1H3,(H,27,29). The molecule has 1 N–H and O–H groups in total. The second-order valence-electron chi connectivity index (χ2n) is 7.58. The van der Waals surface area contributed by atoms with Gasteiger partial charge in [-0.3, -0.25) is 19.3 Å². The molecule has 162 valence electrons. The van der Waals surface area contributed by atoms with Crippen LogP contribution in [0.15, 0.2) is 72.8 Å². The highest BCUT2D eigenvalue weighted by molar-refractivity contribution is 6.22. The van der Waals surface area contributed by atoms with Crippen molar-refractivity contribution in [2.24, 2.45) is 0 Å². The summed E-state index contributed by atoms with van der Waals surface area (Å²) in [5.41, 5.74) is 3.03. The number of hydrogen-bond acceptors (Lipinski definition) is 4. The Labute approximate surface area is 186 Å². The van der Waals surface area contributed by atoms with Gasteiger partial charge < -0.3 is 10.1 Å². The predicted octanol–water partition coefficient (Wildman–Crippen LogP) is 3.51. The van der Waals surface area contributed by atoms with Crippen molar-refractivity contribution in [1.29, 1.82) is 0 Å². The van der Waals surface area contributed by atoms with Crippen LogP contribution in [0, 0.1) is 0 Å². The maximum atomic E-state index is 12.8. The third-order valence-corrected chi connectivity index (χ3v) is 5.57. The monoisotopic (exact) mass is 428 g/mol. The summed E-state index contributed by atoms with van der Waals surface area (Å²) < 4.78 is 5.33. The Hall–Kier alpha value is -3.93. The number of amides is 3. The number of ether oxygens (including phenoxy) is 1. The molecule has 6 heteroatoms. The van der Waals surface area contributed by atoms with Gasteiger partial charge in [-0.15, -0.1) is 0 Å². The fourth-order valence-electron chi connectivity index (χ4n) is 3.84. The average Bonchev–Trinajstić information content (AvgIpc) is 3.07. The predicted molar refractivity (Wildman–Crippen MR) is 121 cm³/mol. The summed E-state index contributed by atoms with van der Waals surface area (Å²) in [5, 5.41) is 2.87.